The first-order chi connectivity index (χ1) is 11.5. The summed E-state index contributed by atoms with van der Waals surface area (Å²) < 4.78 is 0. The monoisotopic (exact) mass is 338 g/mol. The molecule has 0 spiro atoms. The van der Waals surface area contributed by atoms with Gasteiger partial charge in [-0.15, -0.1) is 11.3 Å². The topological polar surface area (TPSA) is 66.9 Å². The van der Waals surface area contributed by atoms with Crippen LogP contribution >= 0.6 is 11.3 Å². The number of nitrogens with one attached hydrogen (secondary N) is 2. The summed E-state index contributed by atoms with van der Waals surface area (Å²) in [6, 6.07) is 11.6. The summed E-state index contributed by atoms with van der Waals surface area (Å²) in [6.07, 6.45) is 1.67. The van der Waals surface area contributed by atoms with Gasteiger partial charge in [0.05, 0.1) is 5.01 Å². The second-order valence-electron chi connectivity index (χ2n) is 5.55. The van der Waals surface area contributed by atoms with Crippen molar-refractivity contribution < 1.29 is 4.79 Å². The van der Waals surface area contributed by atoms with Gasteiger partial charge in [-0.3, -0.25) is 9.78 Å². The number of anilines is 3. The van der Waals surface area contributed by atoms with Crippen molar-refractivity contribution in [3.8, 4) is 0 Å². The van der Waals surface area contributed by atoms with Crippen LogP contribution in [0.1, 0.15) is 26.8 Å². The molecule has 2 N–H and O–H groups in total. The number of aryl methyl sites for hydroxylation is 3. The maximum atomic E-state index is 12.6. The van der Waals surface area contributed by atoms with Gasteiger partial charge in [0.15, 0.2) is 5.69 Å². The molecule has 0 aliphatic rings. The maximum Gasteiger partial charge on any atom is 0.277 e. The number of benzene rings is 1. The lowest BCUT2D eigenvalue weighted by Gasteiger charge is -2.08. The van der Waals surface area contributed by atoms with Crippen molar-refractivity contribution >= 4 is 33.6 Å². The minimum absolute atomic E-state index is 0.236. The smallest absolute Gasteiger partial charge is 0.277 e. The molecule has 6 heteroatoms. The van der Waals surface area contributed by atoms with Crippen molar-refractivity contribution in [1.29, 1.82) is 0 Å². The fraction of sp³-hybridized carbons (Fsp3) is 0.167. The van der Waals surface area contributed by atoms with Gasteiger partial charge in [-0.05, 0) is 50.6 Å². The van der Waals surface area contributed by atoms with Gasteiger partial charge in [-0.1, -0.05) is 12.1 Å². The highest BCUT2D eigenvalue weighted by Gasteiger charge is 2.17. The number of hydrogen-bond donors (Lipinski definition) is 2. The summed E-state index contributed by atoms with van der Waals surface area (Å²) in [6.45, 7) is 5.80. The average molecular weight is 338 g/mol. The van der Waals surface area contributed by atoms with Gasteiger partial charge in [0.25, 0.3) is 5.91 Å². The minimum Gasteiger partial charge on any atom is -0.345 e. The van der Waals surface area contributed by atoms with E-state index < -0.39 is 0 Å². The van der Waals surface area contributed by atoms with Gasteiger partial charge in [0.1, 0.15) is 5.00 Å². The van der Waals surface area contributed by atoms with Crippen molar-refractivity contribution in [3.05, 3.63) is 64.6 Å². The van der Waals surface area contributed by atoms with Crippen molar-refractivity contribution in [2.45, 2.75) is 20.8 Å². The Morgan fingerprint density at radius 3 is 2.67 bits per heavy atom. The van der Waals surface area contributed by atoms with E-state index in [1.165, 1.54) is 11.3 Å². The van der Waals surface area contributed by atoms with Crippen LogP contribution in [-0.2, 0) is 0 Å². The SMILES string of the molecule is Cc1cccc(Nc2sc(C)nc2C(=O)Nc2ccnc(C)c2)c1. The summed E-state index contributed by atoms with van der Waals surface area (Å²) in [4.78, 5) is 21.1. The van der Waals surface area contributed by atoms with E-state index >= 15 is 0 Å². The lowest BCUT2D eigenvalue weighted by Crippen LogP contribution is -2.14. The number of aromatic nitrogens is 2. The molecule has 0 fully saturated rings. The third-order valence-corrected chi connectivity index (χ3v) is 4.27. The van der Waals surface area contributed by atoms with Crippen LogP contribution in [-0.4, -0.2) is 15.9 Å². The number of hydrogen-bond acceptors (Lipinski definition) is 5. The maximum absolute atomic E-state index is 12.6. The first kappa shape index (κ1) is 16.1. The Labute approximate surface area is 144 Å². The standard InChI is InChI=1S/C18H18N4OS/c1-11-5-4-6-14(9-11)22-18-16(20-13(3)24-18)17(23)21-15-7-8-19-12(2)10-15/h4-10,22H,1-3H3,(H,19,21,23). The second-order valence-corrected chi connectivity index (χ2v) is 6.75. The highest BCUT2D eigenvalue weighted by Crippen LogP contribution is 2.28. The molecule has 1 aromatic carbocycles. The Morgan fingerprint density at radius 2 is 1.92 bits per heavy atom. The average Bonchev–Trinajstić information content (AvgIpc) is 2.88. The molecule has 5 nitrogen and oxygen atoms in total. The molecule has 3 aromatic rings. The number of pyridine rings is 1. The third kappa shape index (κ3) is 3.78. The molecule has 0 radical (unpaired) electrons. The van der Waals surface area contributed by atoms with E-state index in [1.54, 1.807) is 12.3 Å². The summed E-state index contributed by atoms with van der Waals surface area (Å²) >= 11 is 1.46. The Bertz CT molecular complexity index is 888. The summed E-state index contributed by atoms with van der Waals surface area (Å²) in [7, 11) is 0. The van der Waals surface area contributed by atoms with E-state index in [1.807, 2.05) is 51.1 Å². The molecule has 122 valence electrons. The molecule has 2 heterocycles. The van der Waals surface area contributed by atoms with Gasteiger partial charge in [0.2, 0.25) is 0 Å². The molecule has 0 saturated heterocycles. The fourth-order valence-electron chi connectivity index (χ4n) is 2.33. The quantitative estimate of drug-likeness (QED) is 0.737. The lowest BCUT2D eigenvalue weighted by atomic mass is 10.2. The molecule has 2 aromatic heterocycles. The van der Waals surface area contributed by atoms with E-state index in [0.29, 0.717) is 11.4 Å². The highest BCUT2D eigenvalue weighted by atomic mass is 32.1. The van der Waals surface area contributed by atoms with Crippen molar-refractivity contribution in [3.63, 3.8) is 0 Å². The molecule has 0 unspecified atom stereocenters. The molecule has 0 aliphatic heterocycles. The van der Waals surface area contributed by atoms with Crippen molar-refractivity contribution in [2.75, 3.05) is 10.6 Å². The number of nitrogens with zero attached hydrogens (tertiary/aromatic N) is 2. The zero-order valence-electron chi connectivity index (χ0n) is 13.8. The summed E-state index contributed by atoms with van der Waals surface area (Å²) in [5.74, 6) is -0.236. The lowest BCUT2D eigenvalue weighted by molar-refractivity contribution is 0.102. The first-order valence-electron chi connectivity index (χ1n) is 7.56. The largest absolute Gasteiger partial charge is 0.345 e. The van der Waals surface area contributed by atoms with Crippen LogP contribution < -0.4 is 10.6 Å². The van der Waals surface area contributed by atoms with Crippen LogP contribution in [0.5, 0.6) is 0 Å². The van der Waals surface area contributed by atoms with Gasteiger partial charge in [-0.25, -0.2) is 4.98 Å². The molecular formula is C18H18N4OS. The molecule has 3 rings (SSSR count). The highest BCUT2D eigenvalue weighted by molar-refractivity contribution is 7.16. The van der Waals surface area contributed by atoms with Crippen LogP contribution in [0, 0.1) is 20.8 Å². The molecule has 24 heavy (non-hydrogen) atoms. The van der Waals surface area contributed by atoms with Gasteiger partial charge in [-0.2, -0.15) is 0 Å². The van der Waals surface area contributed by atoms with Crippen LogP contribution in [0.4, 0.5) is 16.4 Å². The molecule has 0 atom stereocenters. The van der Waals surface area contributed by atoms with Gasteiger partial charge in [0, 0.05) is 23.3 Å². The Hall–Kier alpha value is -2.73. The zero-order chi connectivity index (χ0) is 17.1. The van der Waals surface area contributed by atoms with E-state index in [0.717, 1.165) is 27.0 Å². The molecular weight excluding hydrogens is 320 g/mol. The third-order valence-electron chi connectivity index (χ3n) is 3.38. The molecule has 0 bridgehead atoms. The van der Waals surface area contributed by atoms with Crippen LogP contribution in [0.25, 0.3) is 0 Å². The Balaban J connectivity index is 1.84. The minimum atomic E-state index is -0.236. The summed E-state index contributed by atoms with van der Waals surface area (Å²) in [5, 5.41) is 7.74. The number of carbonyl (C=O) groups excluding carboxylic acids is 1. The number of thiazole rings is 1. The van der Waals surface area contributed by atoms with E-state index in [-0.39, 0.29) is 5.91 Å². The predicted molar refractivity (Wildman–Crippen MR) is 98.2 cm³/mol. The molecule has 0 aliphatic carbocycles. The van der Waals surface area contributed by atoms with E-state index in [4.69, 9.17) is 0 Å². The normalized spacial score (nSPS) is 10.5. The number of rotatable bonds is 4. The van der Waals surface area contributed by atoms with Crippen LogP contribution in [0.3, 0.4) is 0 Å². The van der Waals surface area contributed by atoms with Crippen molar-refractivity contribution in [2.24, 2.45) is 0 Å². The van der Waals surface area contributed by atoms with E-state index in [9.17, 15) is 4.79 Å². The fourth-order valence-corrected chi connectivity index (χ4v) is 3.17. The number of carbonyl (C=O) groups is 1. The predicted octanol–water partition coefficient (Wildman–Crippen LogP) is 4.46. The Kier molecular flexibility index (Phi) is 4.57. The Morgan fingerprint density at radius 1 is 1.08 bits per heavy atom. The van der Waals surface area contributed by atoms with Gasteiger partial charge >= 0.3 is 0 Å². The first-order valence-corrected chi connectivity index (χ1v) is 8.38. The van der Waals surface area contributed by atoms with Crippen LogP contribution in [0.2, 0.25) is 0 Å². The zero-order valence-corrected chi connectivity index (χ0v) is 14.6. The second kappa shape index (κ2) is 6.80. The van der Waals surface area contributed by atoms with E-state index in [2.05, 4.69) is 20.6 Å². The number of amides is 1. The van der Waals surface area contributed by atoms with Crippen LogP contribution in [0.15, 0.2) is 42.6 Å². The molecule has 0 saturated carbocycles. The summed E-state index contributed by atoms with van der Waals surface area (Å²) in [5.41, 5.74) is 4.04. The van der Waals surface area contributed by atoms with Crippen molar-refractivity contribution in [1.82, 2.24) is 9.97 Å². The molecule has 1 amide bonds. The van der Waals surface area contributed by atoms with Gasteiger partial charge < -0.3 is 10.6 Å².